The number of hydrogen-bond acceptors (Lipinski definition) is 3. The Labute approximate surface area is 205 Å². The van der Waals surface area contributed by atoms with E-state index in [0.29, 0.717) is 17.4 Å². The number of likely N-dealkylation sites (tertiary alicyclic amines) is 1. The summed E-state index contributed by atoms with van der Waals surface area (Å²) in [6.45, 7) is 6.70. The quantitative estimate of drug-likeness (QED) is 0.364. The lowest BCUT2D eigenvalue weighted by molar-refractivity contribution is 0.0857. The summed E-state index contributed by atoms with van der Waals surface area (Å²) in [4.78, 5) is 7.45. The molecule has 1 saturated heterocycles. The zero-order valence-corrected chi connectivity index (χ0v) is 21.0. The number of benzene rings is 2. The number of piperidine rings is 1. The first-order valence-corrected chi connectivity index (χ1v) is 13.5. The standard InChI is InChI=1S/C31H40N2O/c1-3-31(27-17-11-6-12-18-27)19-20-33(24(2)21-31)23-28-22-32-30(34-28)29(25-13-7-4-8-14-25)26-15-9-5-10-16-26/h4,6-8,11-14,17-18,22,24,26,29H,3,5,9-10,15-16,19-21,23H2,1-2H3/t24-,29?,31?/m1/s1. The lowest BCUT2D eigenvalue weighted by atomic mass is 9.69. The van der Waals surface area contributed by atoms with Gasteiger partial charge in [-0.3, -0.25) is 4.90 Å². The molecule has 1 aliphatic carbocycles. The molecule has 3 aromatic rings. The molecule has 0 bridgehead atoms. The molecule has 3 heteroatoms. The normalized spacial score (nSPS) is 25.3. The summed E-state index contributed by atoms with van der Waals surface area (Å²) >= 11 is 0. The van der Waals surface area contributed by atoms with Gasteiger partial charge in [0.2, 0.25) is 5.89 Å². The van der Waals surface area contributed by atoms with Crippen LogP contribution in [0.4, 0.5) is 0 Å². The van der Waals surface area contributed by atoms with Crippen LogP contribution in [-0.2, 0) is 12.0 Å². The number of hydrogen-bond donors (Lipinski definition) is 0. The van der Waals surface area contributed by atoms with Crippen LogP contribution in [0.3, 0.4) is 0 Å². The molecule has 2 unspecified atom stereocenters. The van der Waals surface area contributed by atoms with Gasteiger partial charge in [-0.1, -0.05) is 86.8 Å². The molecule has 5 rings (SSSR count). The molecule has 0 radical (unpaired) electrons. The van der Waals surface area contributed by atoms with Gasteiger partial charge in [-0.05, 0) is 68.0 Å². The minimum atomic E-state index is 0.278. The van der Waals surface area contributed by atoms with Crippen molar-refractivity contribution in [3.8, 4) is 0 Å². The second-order valence-electron chi connectivity index (χ2n) is 10.7. The van der Waals surface area contributed by atoms with Crippen molar-refractivity contribution in [2.75, 3.05) is 6.54 Å². The van der Waals surface area contributed by atoms with Gasteiger partial charge in [-0.25, -0.2) is 4.98 Å². The fourth-order valence-corrected chi connectivity index (χ4v) is 6.67. The number of rotatable bonds is 7. The van der Waals surface area contributed by atoms with Gasteiger partial charge in [0.05, 0.1) is 18.7 Å². The fourth-order valence-electron chi connectivity index (χ4n) is 6.67. The number of oxazole rings is 1. The maximum absolute atomic E-state index is 6.51. The molecule has 180 valence electrons. The highest BCUT2D eigenvalue weighted by Crippen LogP contribution is 2.42. The molecule has 1 saturated carbocycles. The molecule has 0 N–H and O–H groups in total. The fraction of sp³-hybridized carbons (Fsp3) is 0.516. The topological polar surface area (TPSA) is 29.3 Å². The summed E-state index contributed by atoms with van der Waals surface area (Å²) in [5.74, 6) is 2.85. The Hall–Kier alpha value is -2.39. The van der Waals surface area contributed by atoms with Crippen molar-refractivity contribution in [1.82, 2.24) is 9.88 Å². The van der Waals surface area contributed by atoms with Crippen LogP contribution in [0.15, 0.2) is 71.3 Å². The Morgan fingerprint density at radius 2 is 1.71 bits per heavy atom. The largest absolute Gasteiger partial charge is 0.444 e. The Balaban J connectivity index is 1.31. The van der Waals surface area contributed by atoms with E-state index in [-0.39, 0.29) is 5.92 Å². The van der Waals surface area contributed by atoms with Crippen LogP contribution >= 0.6 is 0 Å². The van der Waals surface area contributed by atoms with Crippen LogP contribution in [0.1, 0.15) is 93.9 Å². The Bertz CT molecular complexity index is 1020. The Kier molecular flexibility index (Phi) is 7.20. The molecule has 2 heterocycles. The second-order valence-corrected chi connectivity index (χ2v) is 10.7. The Morgan fingerprint density at radius 3 is 2.38 bits per heavy atom. The van der Waals surface area contributed by atoms with E-state index < -0.39 is 0 Å². The highest BCUT2D eigenvalue weighted by molar-refractivity contribution is 5.28. The van der Waals surface area contributed by atoms with E-state index in [1.54, 1.807) is 0 Å². The van der Waals surface area contributed by atoms with E-state index in [0.717, 1.165) is 24.7 Å². The molecule has 34 heavy (non-hydrogen) atoms. The summed E-state index contributed by atoms with van der Waals surface area (Å²) in [7, 11) is 0. The molecule has 3 nitrogen and oxygen atoms in total. The van der Waals surface area contributed by atoms with Crippen molar-refractivity contribution in [3.05, 3.63) is 89.6 Å². The summed E-state index contributed by atoms with van der Waals surface area (Å²) < 4.78 is 6.51. The lowest BCUT2D eigenvalue weighted by Gasteiger charge is -2.45. The van der Waals surface area contributed by atoms with Gasteiger partial charge in [0, 0.05) is 6.04 Å². The van der Waals surface area contributed by atoms with E-state index in [4.69, 9.17) is 9.40 Å². The predicted molar refractivity (Wildman–Crippen MR) is 139 cm³/mol. The van der Waals surface area contributed by atoms with E-state index in [1.165, 1.54) is 62.5 Å². The predicted octanol–water partition coefficient (Wildman–Crippen LogP) is 7.72. The van der Waals surface area contributed by atoms with Crippen molar-refractivity contribution in [3.63, 3.8) is 0 Å². The number of aromatic nitrogens is 1. The smallest absolute Gasteiger partial charge is 0.202 e. The number of nitrogens with zero attached hydrogens (tertiary/aromatic N) is 2. The van der Waals surface area contributed by atoms with Crippen LogP contribution in [0.25, 0.3) is 0 Å². The van der Waals surface area contributed by atoms with Gasteiger partial charge in [0.1, 0.15) is 5.76 Å². The summed E-state index contributed by atoms with van der Waals surface area (Å²) in [6.07, 6.45) is 12.2. The minimum Gasteiger partial charge on any atom is -0.444 e. The van der Waals surface area contributed by atoms with Crippen molar-refractivity contribution < 1.29 is 4.42 Å². The van der Waals surface area contributed by atoms with Gasteiger partial charge < -0.3 is 4.42 Å². The zero-order valence-electron chi connectivity index (χ0n) is 21.0. The molecule has 0 spiro atoms. The highest BCUT2D eigenvalue weighted by atomic mass is 16.4. The van der Waals surface area contributed by atoms with Crippen molar-refractivity contribution in [1.29, 1.82) is 0 Å². The van der Waals surface area contributed by atoms with Crippen LogP contribution in [0, 0.1) is 5.92 Å². The summed E-state index contributed by atoms with van der Waals surface area (Å²) in [6, 6.07) is 22.6. The minimum absolute atomic E-state index is 0.278. The van der Waals surface area contributed by atoms with Gasteiger partial charge in [-0.15, -0.1) is 0 Å². The van der Waals surface area contributed by atoms with Crippen LogP contribution in [0.5, 0.6) is 0 Å². The van der Waals surface area contributed by atoms with Gasteiger partial charge in [0.25, 0.3) is 0 Å². The van der Waals surface area contributed by atoms with Crippen molar-refractivity contribution in [2.45, 2.75) is 89.1 Å². The first kappa shape index (κ1) is 23.4. The van der Waals surface area contributed by atoms with Gasteiger partial charge in [0.15, 0.2) is 0 Å². The maximum Gasteiger partial charge on any atom is 0.202 e. The van der Waals surface area contributed by atoms with Crippen molar-refractivity contribution >= 4 is 0 Å². The lowest BCUT2D eigenvalue weighted by Crippen LogP contribution is -2.47. The summed E-state index contributed by atoms with van der Waals surface area (Å²) in [5, 5.41) is 0. The molecule has 1 aromatic heterocycles. The third kappa shape index (κ3) is 4.86. The van der Waals surface area contributed by atoms with E-state index in [1.807, 2.05) is 6.20 Å². The van der Waals surface area contributed by atoms with Gasteiger partial charge in [-0.2, -0.15) is 0 Å². The van der Waals surface area contributed by atoms with E-state index >= 15 is 0 Å². The molecule has 3 atom stereocenters. The maximum atomic E-state index is 6.51. The van der Waals surface area contributed by atoms with Crippen LogP contribution in [0.2, 0.25) is 0 Å². The van der Waals surface area contributed by atoms with Crippen LogP contribution < -0.4 is 0 Å². The van der Waals surface area contributed by atoms with Gasteiger partial charge >= 0.3 is 0 Å². The molecule has 1 aliphatic heterocycles. The zero-order chi connectivity index (χ0) is 23.4. The summed E-state index contributed by atoms with van der Waals surface area (Å²) in [5.41, 5.74) is 3.15. The SMILES string of the molecule is CCC1(c2ccccc2)CCN(Cc2cnc(C(c3ccccc3)C3CCCCC3)o2)[C@H](C)C1. The Morgan fingerprint density at radius 1 is 1.00 bits per heavy atom. The average Bonchev–Trinajstić information content (AvgIpc) is 3.35. The third-order valence-electron chi connectivity index (χ3n) is 8.73. The van der Waals surface area contributed by atoms with Crippen molar-refractivity contribution in [2.24, 2.45) is 5.92 Å². The van der Waals surface area contributed by atoms with E-state index in [2.05, 4.69) is 79.4 Å². The second kappa shape index (κ2) is 10.5. The van der Waals surface area contributed by atoms with E-state index in [9.17, 15) is 0 Å². The van der Waals surface area contributed by atoms with Crippen LogP contribution in [-0.4, -0.2) is 22.5 Å². The molecule has 2 aromatic carbocycles. The highest BCUT2D eigenvalue weighted by Gasteiger charge is 2.38. The molecular formula is C31H40N2O. The average molecular weight is 457 g/mol. The third-order valence-corrected chi connectivity index (χ3v) is 8.73. The molecule has 2 fully saturated rings. The monoisotopic (exact) mass is 456 g/mol. The first-order chi connectivity index (χ1) is 16.7. The molecule has 0 amide bonds. The first-order valence-electron chi connectivity index (χ1n) is 13.5. The molecule has 2 aliphatic rings. The molecular weight excluding hydrogens is 416 g/mol.